The molecule has 2 aromatic heterocycles. The van der Waals surface area contributed by atoms with Gasteiger partial charge in [-0.1, -0.05) is 212 Å². The van der Waals surface area contributed by atoms with E-state index >= 15 is 0 Å². The summed E-state index contributed by atoms with van der Waals surface area (Å²) in [5.41, 5.74) is 12.4. The lowest BCUT2D eigenvalue weighted by atomic mass is 9.92. The number of thiophene rings is 1. The Balaban J connectivity index is 1.08. The molecule has 0 aliphatic carbocycles. The highest BCUT2D eigenvalue weighted by molar-refractivity contribution is 7.26. The molecule has 0 bridgehead atoms. The Morgan fingerprint density at radius 1 is 0.299 bits per heavy atom. The van der Waals surface area contributed by atoms with Gasteiger partial charge in [-0.25, -0.2) is 15.0 Å². The van der Waals surface area contributed by atoms with Crippen molar-refractivity contribution >= 4 is 31.5 Å². The van der Waals surface area contributed by atoms with Gasteiger partial charge >= 0.3 is 0 Å². The monoisotopic (exact) mass is 877 g/mol. The van der Waals surface area contributed by atoms with Gasteiger partial charge in [-0.05, 0) is 103 Å². The van der Waals surface area contributed by atoms with Gasteiger partial charge in [0.1, 0.15) is 0 Å². The van der Waals surface area contributed by atoms with E-state index in [1.807, 2.05) is 146 Å². The van der Waals surface area contributed by atoms with Gasteiger partial charge in [0.25, 0.3) is 0 Å². The zero-order valence-corrected chi connectivity index (χ0v) is 36.8. The average molecular weight is 878 g/mol. The molecule has 0 saturated heterocycles. The van der Waals surface area contributed by atoms with Crippen molar-refractivity contribution in [3.63, 3.8) is 0 Å². The van der Waals surface area contributed by atoms with E-state index < -0.39 is 0 Å². The van der Waals surface area contributed by atoms with Crippen LogP contribution in [0.1, 0.15) is 8.22 Å². The Morgan fingerprint density at radius 3 is 1.36 bits per heavy atom. The summed E-state index contributed by atoms with van der Waals surface area (Å²) >= 11 is 1.13. The first-order valence-corrected chi connectivity index (χ1v) is 22.9. The minimum Gasteiger partial charge on any atom is -0.208 e. The van der Waals surface area contributed by atoms with Crippen molar-refractivity contribution in [2.24, 2.45) is 0 Å². The molecule has 0 N–H and O–H groups in total. The highest BCUT2D eigenvalue weighted by Gasteiger charge is 2.19. The normalized spacial score (nSPS) is 12.5. The molecule has 12 aromatic rings. The van der Waals surface area contributed by atoms with E-state index in [-0.39, 0.29) is 53.0 Å². The van der Waals surface area contributed by atoms with Crippen LogP contribution in [0.3, 0.4) is 0 Å². The quantitative estimate of drug-likeness (QED) is 0.145. The van der Waals surface area contributed by atoms with Crippen LogP contribution in [0.5, 0.6) is 0 Å². The maximum Gasteiger partial charge on any atom is 0.164 e. The Hall–Kier alpha value is -8.57. The van der Waals surface area contributed by atoms with Crippen LogP contribution in [0.2, 0.25) is 0 Å². The summed E-state index contributed by atoms with van der Waals surface area (Å²) in [7, 11) is 0. The molecule has 4 heteroatoms. The fourth-order valence-corrected chi connectivity index (χ4v) is 9.77. The fourth-order valence-electron chi connectivity index (χ4n) is 8.75. The van der Waals surface area contributed by atoms with Gasteiger partial charge in [0.05, 0.1) is 8.22 Å². The molecule has 3 nitrogen and oxygen atoms in total. The summed E-state index contributed by atoms with van der Waals surface area (Å²) in [6.45, 7) is 0. The molecule has 0 radical (unpaired) electrons. The fraction of sp³-hybridized carbons (Fsp3) is 0. The van der Waals surface area contributed by atoms with E-state index in [1.54, 1.807) is 0 Å². The molecular formula is C63H41N3S. The largest absolute Gasteiger partial charge is 0.208 e. The number of fused-ring (bicyclic) bond motifs is 3. The van der Waals surface area contributed by atoms with Crippen LogP contribution in [0.25, 0.3) is 121 Å². The lowest BCUT2D eigenvalue weighted by Gasteiger charge is -2.13. The summed E-state index contributed by atoms with van der Waals surface area (Å²) in [4.78, 5) is 15.3. The molecule has 0 saturated carbocycles. The van der Waals surface area contributed by atoms with Crippen LogP contribution >= 0.6 is 11.3 Å². The second-order valence-electron chi connectivity index (χ2n) is 16.3. The number of aromatic nitrogens is 3. The maximum absolute atomic E-state index is 9.97. The van der Waals surface area contributed by atoms with E-state index in [4.69, 9.17) is 16.3 Å². The first-order chi connectivity index (χ1) is 35.7. The molecule has 0 aliphatic heterocycles. The lowest BCUT2D eigenvalue weighted by Crippen LogP contribution is -2.00. The van der Waals surface area contributed by atoms with Gasteiger partial charge in [0.15, 0.2) is 17.5 Å². The molecule has 67 heavy (non-hydrogen) atoms. The molecular weight excluding hydrogens is 831 g/mol. The zero-order valence-electron chi connectivity index (χ0n) is 42.0. The van der Waals surface area contributed by atoms with Crippen molar-refractivity contribution in [1.82, 2.24) is 15.0 Å². The molecule has 0 aliphatic rings. The number of benzene rings is 10. The number of hydrogen-bond acceptors (Lipinski definition) is 4. The summed E-state index contributed by atoms with van der Waals surface area (Å²) in [6.07, 6.45) is 0. The first-order valence-electron chi connectivity index (χ1n) is 25.1. The molecule has 10 aromatic carbocycles. The lowest BCUT2D eigenvalue weighted by molar-refractivity contribution is 1.07. The number of nitrogens with zero attached hydrogens (tertiary/aromatic N) is 3. The van der Waals surface area contributed by atoms with Gasteiger partial charge in [0, 0.05) is 36.9 Å². The molecule has 0 spiro atoms. The molecule has 0 atom stereocenters. The van der Waals surface area contributed by atoms with Crippen molar-refractivity contribution in [2.75, 3.05) is 0 Å². The number of rotatable bonds is 9. The van der Waals surface area contributed by atoms with Gasteiger partial charge in [-0.3, -0.25) is 0 Å². The van der Waals surface area contributed by atoms with Crippen LogP contribution in [0.4, 0.5) is 0 Å². The molecule has 0 amide bonds. The van der Waals surface area contributed by atoms with Crippen LogP contribution in [-0.4, -0.2) is 15.0 Å². The smallest absolute Gasteiger partial charge is 0.164 e. The topological polar surface area (TPSA) is 38.7 Å². The van der Waals surface area contributed by atoms with Crippen molar-refractivity contribution in [3.8, 4) is 101 Å². The SMILES string of the molecule is [2H]c1c([2H])c(-c2ccccc2-c2ccccc2)c2c(sc3c([2H])c(-c4nc(-c5ccc(-c6cccc(-c7ccccc7)c6)cc5)nc(-c5cc(-c6ccccc6)cc(-c6ccccc6)c5)n4)c([2H])c([2H])c32)c1[2H]. The standard InChI is InChI=1S/C63H41N3S/c1-5-17-42(18-6-1)48-25-15-26-49(37-48)45-31-33-47(34-32-45)61-64-62(66-63(65-61)53-39-51(43-19-7-2-8-20-43)38-52(40-53)44-21-9-3-10-22-44)50-35-36-57-59(41-50)67-58-30-16-29-56(60(57)58)55-28-14-13-27-54(55)46-23-11-4-12-24-46/h1-41H/i16D,29D,30D,35D,36D,41D. The van der Waals surface area contributed by atoms with Crippen LogP contribution < -0.4 is 0 Å². The first kappa shape index (κ1) is 33.9. The van der Waals surface area contributed by atoms with Crippen molar-refractivity contribution in [2.45, 2.75) is 0 Å². The van der Waals surface area contributed by atoms with Crippen molar-refractivity contribution in [3.05, 3.63) is 249 Å². The Morgan fingerprint density at radius 2 is 0.746 bits per heavy atom. The predicted molar refractivity (Wildman–Crippen MR) is 282 cm³/mol. The van der Waals surface area contributed by atoms with E-state index in [0.29, 0.717) is 48.7 Å². The van der Waals surface area contributed by atoms with Gasteiger partial charge in [-0.2, -0.15) is 0 Å². The summed E-state index contributed by atoms with van der Waals surface area (Å²) in [5.74, 6) is 0.697. The van der Waals surface area contributed by atoms with E-state index in [1.165, 1.54) is 0 Å². The van der Waals surface area contributed by atoms with Crippen LogP contribution in [-0.2, 0) is 0 Å². The third-order valence-electron chi connectivity index (χ3n) is 12.1. The van der Waals surface area contributed by atoms with Crippen molar-refractivity contribution in [1.29, 1.82) is 0 Å². The van der Waals surface area contributed by atoms with Crippen LogP contribution in [0, 0.1) is 0 Å². The highest BCUT2D eigenvalue weighted by atomic mass is 32.1. The summed E-state index contributed by atoms with van der Waals surface area (Å²) in [6, 6.07) is 69.5. The molecule has 0 unspecified atom stereocenters. The summed E-state index contributed by atoms with van der Waals surface area (Å²) < 4.78 is 57.8. The molecule has 0 fully saturated rings. The molecule has 314 valence electrons. The Labute approximate surface area is 402 Å². The van der Waals surface area contributed by atoms with Crippen LogP contribution in [0.15, 0.2) is 249 Å². The molecule has 12 rings (SSSR count). The second kappa shape index (κ2) is 17.4. The Bertz CT molecular complexity index is 4020. The second-order valence-corrected chi connectivity index (χ2v) is 17.3. The average Bonchev–Trinajstić information content (AvgIpc) is 3.86. The molecule has 2 heterocycles. The summed E-state index contributed by atoms with van der Waals surface area (Å²) in [5, 5.41) is 0.689. The minimum atomic E-state index is -0.271. The minimum absolute atomic E-state index is 0.0424. The van der Waals surface area contributed by atoms with E-state index in [2.05, 4.69) is 66.7 Å². The maximum atomic E-state index is 9.97. The van der Waals surface area contributed by atoms with E-state index in [0.717, 1.165) is 67.0 Å². The Kier molecular flexibility index (Phi) is 8.81. The highest BCUT2D eigenvalue weighted by Crippen LogP contribution is 2.44. The van der Waals surface area contributed by atoms with Gasteiger partial charge < -0.3 is 0 Å². The van der Waals surface area contributed by atoms with Crippen molar-refractivity contribution < 1.29 is 8.22 Å². The van der Waals surface area contributed by atoms with Gasteiger partial charge in [0.2, 0.25) is 0 Å². The van der Waals surface area contributed by atoms with E-state index in [9.17, 15) is 6.85 Å². The predicted octanol–water partition coefficient (Wildman–Crippen LogP) is 17.2. The third kappa shape index (κ3) is 7.90. The van der Waals surface area contributed by atoms with Gasteiger partial charge in [-0.15, -0.1) is 11.3 Å². The number of hydrogen-bond donors (Lipinski definition) is 0. The third-order valence-corrected chi connectivity index (χ3v) is 13.1. The zero-order chi connectivity index (χ0) is 49.7.